The number of carboxylic acids is 2. The lowest BCUT2D eigenvalue weighted by atomic mass is 9.92. The Balaban J connectivity index is 0.000000303. The maximum Gasteiger partial charge on any atom is 0.490 e. The maximum atomic E-state index is 10.6. The van der Waals surface area contributed by atoms with Gasteiger partial charge in [-0.1, -0.05) is 6.07 Å². The minimum Gasteiger partial charge on any atom is -0.475 e. The summed E-state index contributed by atoms with van der Waals surface area (Å²) in [6, 6.07) is 10.4. The molecule has 43 heavy (non-hydrogen) atoms. The summed E-state index contributed by atoms with van der Waals surface area (Å²) in [5, 5.41) is 14.2. The van der Waals surface area contributed by atoms with Gasteiger partial charge in [-0.3, -0.25) is 19.9 Å². The number of pyridine rings is 3. The summed E-state index contributed by atoms with van der Waals surface area (Å²) < 4.78 is 65.6. The van der Waals surface area contributed by atoms with Crippen LogP contribution in [0.2, 0.25) is 0 Å². The third-order valence-corrected chi connectivity index (χ3v) is 6.29. The number of aryl methyl sites for hydroxylation is 1. The number of rotatable bonds is 4. The van der Waals surface area contributed by atoms with E-state index in [0.717, 1.165) is 54.8 Å². The smallest absolute Gasteiger partial charge is 0.475 e. The van der Waals surface area contributed by atoms with E-state index < -0.39 is 24.3 Å². The van der Waals surface area contributed by atoms with Crippen LogP contribution in [0.25, 0.3) is 22.3 Å². The van der Waals surface area contributed by atoms with E-state index in [0.29, 0.717) is 5.92 Å². The van der Waals surface area contributed by atoms with Crippen LogP contribution in [0.5, 0.6) is 0 Å². The number of likely N-dealkylation sites (tertiary alicyclic amines) is 1. The third-order valence-electron chi connectivity index (χ3n) is 6.29. The van der Waals surface area contributed by atoms with E-state index in [4.69, 9.17) is 24.8 Å². The van der Waals surface area contributed by atoms with Crippen molar-refractivity contribution in [2.75, 3.05) is 13.1 Å². The van der Waals surface area contributed by atoms with Crippen LogP contribution < -0.4 is 0 Å². The Morgan fingerprint density at radius 1 is 0.930 bits per heavy atom. The van der Waals surface area contributed by atoms with Gasteiger partial charge in [0.1, 0.15) is 5.52 Å². The van der Waals surface area contributed by atoms with Gasteiger partial charge in [0.25, 0.3) is 0 Å². The lowest BCUT2D eigenvalue weighted by molar-refractivity contribution is -0.193. The minimum atomic E-state index is -5.08. The molecule has 230 valence electrons. The molecule has 1 saturated heterocycles. The van der Waals surface area contributed by atoms with Gasteiger partial charge in [-0.15, -0.1) is 0 Å². The normalized spacial score (nSPS) is 14.3. The maximum absolute atomic E-state index is 10.6. The SMILES string of the molecule is Cn1cnc2c(-c3cccnc3)nc(C3CCN(Cc4cccnc4)CC3)cc21.O=C(O)C(F)(F)F.O=C(O)C(F)(F)F. The Morgan fingerprint density at radius 3 is 1.98 bits per heavy atom. The van der Waals surface area contributed by atoms with Gasteiger partial charge in [-0.25, -0.2) is 14.6 Å². The summed E-state index contributed by atoms with van der Waals surface area (Å²) in [6.45, 7) is 3.12. The second-order valence-electron chi connectivity index (χ2n) is 9.38. The first-order valence-corrected chi connectivity index (χ1v) is 12.6. The minimum absolute atomic E-state index is 0.467. The molecule has 0 spiro atoms. The van der Waals surface area contributed by atoms with Gasteiger partial charge >= 0.3 is 24.3 Å². The van der Waals surface area contributed by atoms with E-state index in [9.17, 15) is 26.3 Å². The number of aromatic nitrogens is 5. The summed E-state index contributed by atoms with van der Waals surface area (Å²) in [6.07, 6.45) is 1.39. The zero-order chi connectivity index (χ0) is 31.8. The first kappa shape index (κ1) is 32.9. The molecule has 2 N–H and O–H groups in total. The molecule has 4 aromatic heterocycles. The van der Waals surface area contributed by atoms with E-state index in [-0.39, 0.29) is 0 Å². The van der Waals surface area contributed by atoms with E-state index in [2.05, 4.69) is 42.6 Å². The molecule has 1 aliphatic heterocycles. The Morgan fingerprint density at radius 2 is 1.49 bits per heavy atom. The van der Waals surface area contributed by atoms with Gasteiger partial charge in [0.15, 0.2) is 0 Å². The largest absolute Gasteiger partial charge is 0.490 e. The number of halogens is 6. The quantitative estimate of drug-likeness (QED) is 0.303. The first-order valence-electron chi connectivity index (χ1n) is 12.6. The van der Waals surface area contributed by atoms with Crippen LogP contribution in [0.1, 0.15) is 30.0 Å². The number of hydrogen-bond donors (Lipinski definition) is 2. The van der Waals surface area contributed by atoms with Crippen LogP contribution in [0.15, 0.2) is 61.4 Å². The molecule has 4 aromatic rings. The number of nitrogens with zero attached hydrogens (tertiary/aromatic N) is 6. The molecule has 5 heterocycles. The number of carbonyl (C=O) groups is 2. The summed E-state index contributed by atoms with van der Waals surface area (Å²) in [5.41, 5.74) is 6.47. The average Bonchev–Trinajstić information content (AvgIpc) is 3.34. The highest BCUT2D eigenvalue weighted by Crippen LogP contribution is 2.33. The molecule has 0 saturated carbocycles. The number of fused-ring (bicyclic) bond motifs is 1. The Labute approximate surface area is 240 Å². The predicted octanol–water partition coefficient (Wildman–Crippen LogP) is 5.07. The van der Waals surface area contributed by atoms with Crippen LogP contribution in [0.4, 0.5) is 26.3 Å². The highest BCUT2D eigenvalue weighted by Gasteiger charge is 2.38. The molecular weight excluding hydrogens is 586 g/mol. The number of carboxylic acid groups (broad SMARTS) is 2. The third kappa shape index (κ3) is 9.46. The summed E-state index contributed by atoms with van der Waals surface area (Å²) >= 11 is 0. The van der Waals surface area contributed by atoms with Gasteiger partial charge in [0.2, 0.25) is 0 Å². The Kier molecular flexibility index (Phi) is 10.7. The van der Waals surface area contributed by atoms with Crippen molar-refractivity contribution < 1.29 is 46.1 Å². The average molecular weight is 613 g/mol. The molecule has 16 heteroatoms. The molecule has 1 aliphatic rings. The molecule has 0 amide bonds. The van der Waals surface area contributed by atoms with Crippen LogP contribution >= 0.6 is 0 Å². The van der Waals surface area contributed by atoms with Crippen LogP contribution in [0, 0.1) is 0 Å². The number of aliphatic carboxylic acids is 2. The highest BCUT2D eigenvalue weighted by molar-refractivity contribution is 5.89. The fraction of sp³-hybridized carbons (Fsp3) is 0.333. The molecule has 0 atom stereocenters. The summed E-state index contributed by atoms with van der Waals surface area (Å²) in [4.78, 5) is 38.5. The van der Waals surface area contributed by atoms with Crippen LogP contribution in [-0.4, -0.2) is 77.0 Å². The fourth-order valence-corrected chi connectivity index (χ4v) is 4.20. The van der Waals surface area contributed by atoms with Crippen molar-refractivity contribution in [1.82, 2.24) is 29.4 Å². The molecule has 1 fully saturated rings. The van der Waals surface area contributed by atoms with Gasteiger partial charge in [0.05, 0.1) is 17.5 Å². The molecule has 5 rings (SSSR count). The molecule has 10 nitrogen and oxygen atoms in total. The predicted molar refractivity (Wildman–Crippen MR) is 141 cm³/mol. The van der Waals surface area contributed by atoms with Crippen molar-refractivity contribution in [3.63, 3.8) is 0 Å². The van der Waals surface area contributed by atoms with Gasteiger partial charge in [-0.05, 0) is 55.8 Å². The Bertz CT molecular complexity index is 1480. The second kappa shape index (κ2) is 14.0. The summed E-state index contributed by atoms with van der Waals surface area (Å²) in [7, 11) is 2.04. The number of hydrogen-bond acceptors (Lipinski definition) is 7. The number of imidazole rings is 1. The van der Waals surface area contributed by atoms with Crippen molar-refractivity contribution in [3.8, 4) is 11.3 Å². The van der Waals surface area contributed by atoms with E-state index >= 15 is 0 Å². The molecule has 0 radical (unpaired) electrons. The van der Waals surface area contributed by atoms with E-state index in [1.807, 2.05) is 44.1 Å². The molecular formula is C27H26F6N6O4. The topological polar surface area (TPSA) is 134 Å². The van der Waals surface area contributed by atoms with Crippen LogP contribution in [-0.2, 0) is 23.2 Å². The monoisotopic (exact) mass is 612 g/mol. The highest BCUT2D eigenvalue weighted by atomic mass is 19.4. The van der Waals surface area contributed by atoms with Crippen molar-refractivity contribution in [2.45, 2.75) is 37.7 Å². The fourth-order valence-electron chi connectivity index (χ4n) is 4.20. The zero-order valence-corrected chi connectivity index (χ0v) is 22.5. The van der Waals surface area contributed by atoms with Gasteiger partial charge < -0.3 is 14.8 Å². The standard InChI is InChI=1S/C23H24N6.2C2HF3O2/c1-28-16-26-23-21(28)12-20(27-22(23)19-5-3-9-25-14-19)18-6-10-29(11-7-18)15-17-4-2-8-24-13-17;2*3-2(4,5)1(6)7/h2-5,8-9,12-14,16,18H,6-7,10-11,15H2,1H3;2*(H,6,7). The second-order valence-corrected chi connectivity index (χ2v) is 9.38. The summed E-state index contributed by atoms with van der Waals surface area (Å²) in [5.74, 6) is -5.05. The molecule has 0 aromatic carbocycles. The van der Waals surface area contributed by atoms with Gasteiger partial charge in [0, 0.05) is 55.6 Å². The van der Waals surface area contributed by atoms with E-state index in [1.54, 1.807) is 6.20 Å². The van der Waals surface area contributed by atoms with Crippen LogP contribution in [0.3, 0.4) is 0 Å². The van der Waals surface area contributed by atoms with E-state index in [1.165, 1.54) is 11.3 Å². The lowest BCUT2D eigenvalue weighted by Gasteiger charge is -2.31. The first-order chi connectivity index (χ1) is 20.2. The van der Waals surface area contributed by atoms with Crippen molar-refractivity contribution in [1.29, 1.82) is 0 Å². The molecule has 0 aliphatic carbocycles. The molecule has 0 unspecified atom stereocenters. The molecule has 0 bridgehead atoms. The van der Waals surface area contributed by atoms with Crippen molar-refractivity contribution in [2.24, 2.45) is 7.05 Å². The number of alkyl halides is 6. The lowest BCUT2D eigenvalue weighted by Crippen LogP contribution is -2.32. The van der Waals surface area contributed by atoms with Crippen molar-refractivity contribution in [3.05, 3.63) is 72.7 Å². The zero-order valence-electron chi connectivity index (χ0n) is 22.5. The van der Waals surface area contributed by atoms with Gasteiger partial charge in [-0.2, -0.15) is 26.3 Å². The number of piperidine rings is 1. The Hall–Kier alpha value is -4.60. The van der Waals surface area contributed by atoms with Crippen molar-refractivity contribution >= 4 is 23.0 Å².